The number of nitrogens with zero attached hydrogens (tertiary/aromatic N) is 2. The third kappa shape index (κ3) is 3.52. The molecule has 1 aliphatic heterocycles. The lowest BCUT2D eigenvalue weighted by molar-refractivity contribution is 0.164. The van der Waals surface area contributed by atoms with Gasteiger partial charge in [-0.2, -0.15) is 0 Å². The van der Waals surface area contributed by atoms with Crippen molar-refractivity contribution in [2.45, 2.75) is 32.4 Å². The van der Waals surface area contributed by atoms with Gasteiger partial charge in [0.15, 0.2) is 0 Å². The molecule has 1 N–H and O–H groups in total. The Morgan fingerprint density at radius 3 is 2.90 bits per heavy atom. The summed E-state index contributed by atoms with van der Waals surface area (Å²) in [4.78, 5) is 7.12. The Morgan fingerprint density at radius 2 is 2.19 bits per heavy atom. The van der Waals surface area contributed by atoms with Gasteiger partial charge in [-0.25, -0.2) is 4.98 Å². The van der Waals surface area contributed by atoms with Gasteiger partial charge in [0.2, 0.25) is 5.89 Å². The number of oxazole rings is 1. The van der Waals surface area contributed by atoms with Gasteiger partial charge in [-0.1, -0.05) is 25.1 Å². The highest BCUT2D eigenvalue weighted by molar-refractivity contribution is 5.52. The van der Waals surface area contributed by atoms with Gasteiger partial charge in [-0.3, -0.25) is 4.90 Å². The van der Waals surface area contributed by atoms with Crippen LogP contribution in [0.4, 0.5) is 0 Å². The molecule has 0 aliphatic carbocycles. The second kappa shape index (κ2) is 6.87. The fourth-order valence-electron chi connectivity index (χ4n) is 2.95. The summed E-state index contributed by atoms with van der Waals surface area (Å²) in [6.45, 7) is 6.35. The molecule has 1 atom stereocenters. The first-order valence-electron chi connectivity index (χ1n) is 7.81. The first kappa shape index (κ1) is 14.3. The number of piperidine rings is 1. The van der Waals surface area contributed by atoms with Crippen LogP contribution in [0.1, 0.15) is 25.5 Å². The van der Waals surface area contributed by atoms with E-state index in [-0.39, 0.29) is 0 Å². The molecule has 3 rings (SSSR count). The Balaban J connectivity index is 1.68. The molecule has 4 nitrogen and oxygen atoms in total. The van der Waals surface area contributed by atoms with Crippen LogP contribution in [0.2, 0.25) is 0 Å². The van der Waals surface area contributed by atoms with Crippen molar-refractivity contribution in [2.24, 2.45) is 0 Å². The average Bonchev–Trinajstić information content (AvgIpc) is 3.03. The largest absolute Gasteiger partial charge is 0.444 e. The maximum atomic E-state index is 5.63. The van der Waals surface area contributed by atoms with Crippen LogP contribution in [0.25, 0.3) is 11.5 Å². The van der Waals surface area contributed by atoms with Crippen LogP contribution in [-0.4, -0.2) is 35.6 Å². The van der Waals surface area contributed by atoms with Gasteiger partial charge < -0.3 is 9.73 Å². The van der Waals surface area contributed by atoms with Crippen LogP contribution >= 0.6 is 0 Å². The van der Waals surface area contributed by atoms with Crippen molar-refractivity contribution in [3.8, 4) is 11.5 Å². The topological polar surface area (TPSA) is 41.3 Å². The molecule has 0 amide bonds. The summed E-state index contributed by atoms with van der Waals surface area (Å²) < 4.78 is 5.63. The van der Waals surface area contributed by atoms with Crippen molar-refractivity contribution in [3.05, 3.63) is 42.3 Å². The van der Waals surface area contributed by atoms with Gasteiger partial charge in [-0.15, -0.1) is 0 Å². The third-order valence-corrected chi connectivity index (χ3v) is 4.13. The van der Waals surface area contributed by atoms with Gasteiger partial charge in [0.05, 0.1) is 5.69 Å². The van der Waals surface area contributed by atoms with Crippen molar-refractivity contribution in [1.29, 1.82) is 0 Å². The summed E-state index contributed by atoms with van der Waals surface area (Å²) in [5.74, 6) is 0.712. The number of aromatic nitrogens is 1. The monoisotopic (exact) mass is 285 g/mol. The number of nitrogens with one attached hydrogen (secondary N) is 1. The fraction of sp³-hybridized carbons (Fsp3) is 0.471. The minimum absolute atomic E-state index is 0.612. The van der Waals surface area contributed by atoms with E-state index in [4.69, 9.17) is 4.42 Å². The molecular formula is C17H23N3O. The molecule has 1 aromatic heterocycles. The fourth-order valence-corrected chi connectivity index (χ4v) is 2.95. The maximum absolute atomic E-state index is 5.63. The summed E-state index contributed by atoms with van der Waals surface area (Å²) in [5, 5.41) is 3.48. The van der Waals surface area contributed by atoms with Crippen molar-refractivity contribution in [3.63, 3.8) is 0 Å². The van der Waals surface area contributed by atoms with Crippen LogP contribution in [0.3, 0.4) is 0 Å². The second-order valence-electron chi connectivity index (χ2n) is 5.57. The average molecular weight is 285 g/mol. The van der Waals surface area contributed by atoms with Gasteiger partial charge in [0.1, 0.15) is 6.26 Å². The molecule has 1 aliphatic rings. The lowest BCUT2D eigenvalue weighted by atomic mass is 10.1. The molecule has 1 unspecified atom stereocenters. The number of benzene rings is 1. The van der Waals surface area contributed by atoms with Crippen molar-refractivity contribution >= 4 is 0 Å². The van der Waals surface area contributed by atoms with E-state index in [1.54, 1.807) is 6.26 Å². The van der Waals surface area contributed by atoms with Crippen LogP contribution in [0.5, 0.6) is 0 Å². The second-order valence-corrected chi connectivity index (χ2v) is 5.57. The third-order valence-electron chi connectivity index (χ3n) is 4.13. The lowest BCUT2D eigenvalue weighted by Gasteiger charge is -2.33. The minimum atomic E-state index is 0.612. The molecule has 21 heavy (non-hydrogen) atoms. The molecular weight excluding hydrogens is 262 g/mol. The Bertz CT molecular complexity index is 546. The van der Waals surface area contributed by atoms with Crippen molar-refractivity contribution in [1.82, 2.24) is 15.2 Å². The van der Waals surface area contributed by atoms with E-state index in [1.165, 1.54) is 12.8 Å². The Hall–Kier alpha value is -1.65. The van der Waals surface area contributed by atoms with Gasteiger partial charge >= 0.3 is 0 Å². The zero-order valence-electron chi connectivity index (χ0n) is 12.6. The summed E-state index contributed by atoms with van der Waals surface area (Å²) in [6.07, 6.45) is 4.32. The first-order valence-corrected chi connectivity index (χ1v) is 7.81. The van der Waals surface area contributed by atoms with E-state index in [0.717, 1.165) is 37.4 Å². The standard InChI is InChI=1S/C17H23N3O/c1-2-20(16-9-6-10-18-11-16)12-15-13-21-17(19-15)14-7-4-3-5-8-14/h3-5,7-8,13,16,18H,2,6,9-12H2,1H3. The number of rotatable bonds is 5. The predicted octanol–water partition coefficient (Wildman–Crippen LogP) is 2.92. The van der Waals surface area contributed by atoms with E-state index in [0.29, 0.717) is 11.9 Å². The maximum Gasteiger partial charge on any atom is 0.226 e. The SMILES string of the molecule is CCN(Cc1coc(-c2ccccc2)n1)C1CCCNC1. The number of hydrogen-bond acceptors (Lipinski definition) is 4. The Labute approximate surface area is 126 Å². The van der Waals surface area contributed by atoms with Crippen LogP contribution in [0, 0.1) is 0 Å². The van der Waals surface area contributed by atoms with E-state index in [9.17, 15) is 0 Å². The summed E-state index contributed by atoms with van der Waals surface area (Å²) in [7, 11) is 0. The van der Waals surface area contributed by atoms with Crippen LogP contribution in [-0.2, 0) is 6.54 Å². The van der Waals surface area contributed by atoms with Gasteiger partial charge in [-0.05, 0) is 38.1 Å². The van der Waals surface area contributed by atoms with E-state index in [1.807, 2.05) is 30.3 Å². The highest BCUT2D eigenvalue weighted by Gasteiger charge is 2.20. The number of hydrogen-bond donors (Lipinski definition) is 1. The van der Waals surface area contributed by atoms with Crippen LogP contribution < -0.4 is 5.32 Å². The molecule has 2 aromatic rings. The summed E-state index contributed by atoms with van der Waals surface area (Å²) in [5.41, 5.74) is 2.05. The lowest BCUT2D eigenvalue weighted by Crippen LogP contribution is -2.45. The molecule has 0 radical (unpaired) electrons. The highest BCUT2D eigenvalue weighted by Crippen LogP contribution is 2.20. The van der Waals surface area contributed by atoms with Crippen LogP contribution in [0.15, 0.2) is 41.0 Å². The first-order chi connectivity index (χ1) is 10.4. The molecule has 4 heteroatoms. The zero-order valence-corrected chi connectivity index (χ0v) is 12.6. The Morgan fingerprint density at radius 1 is 1.33 bits per heavy atom. The molecule has 1 aromatic carbocycles. The van der Waals surface area contributed by atoms with E-state index in [2.05, 4.69) is 22.1 Å². The molecule has 2 heterocycles. The quantitative estimate of drug-likeness (QED) is 0.917. The summed E-state index contributed by atoms with van der Waals surface area (Å²) in [6, 6.07) is 10.7. The van der Waals surface area contributed by atoms with Crippen molar-refractivity contribution < 1.29 is 4.42 Å². The molecule has 0 spiro atoms. The van der Waals surface area contributed by atoms with Crippen molar-refractivity contribution in [2.75, 3.05) is 19.6 Å². The van der Waals surface area contributed by atoms with Gasteiger partial charge in [0.25, 0.3) is 0 Å². The Kier molecular flexibility index (Phi) is 4.68. The summed E-state index contributed by atoms with van der Waals surface area (Å²) >= 11 is 0. The van der Waals surface area contributed by atoms with Gasteiger partial charge in [0, 0.05) is 24.7 Å². The number of likely N-dealkylation sites (N-methyl/N-ethyl adjacent to an activating group) is 1. The van der Waals surface area contributed by atoms with E-state index >= 15 is 0 Å². The highest BCUT2D eigenvalue weighted by atomic mass is 16.3. The molecule has 1 fully saturated rings. The normalized spacial score (nSPS) is 19.0. The molecule has 1 saturated heterocycles. The van der Waals surface area contributed by atoms with E-state index < -0.39 is 0 Å². The minimum Gasteiger partial charge on any atom is -0.444 e. The smallest absolute Gasteiger partial charge is 0.226 e. The molecule has 0 bridgehead atoms. The molecule has 0 saturated carbocycles. The zero-order chi connectivity index (χ0) is 14.5. The predicted molar refractivity (Wildman–Crippen MR) is 83.9 cm³/mol. The molecule has 112 valence electrons.